The molecule has 88 valence electrons. The number of aromatic nitrogens is 2. The molecule has 5 heteroatoms. The molecule has 2 fully saturated rings. The van der Waals surface area contributed by atoms with E-state index in [2.05, 4.69) is 15.5 Å². The molecular formula is C11H17N3O2. The zero-order valence-electron chi connectivity index (χ0n) is 9.53. The molecule has 3 heterocycles. The van der Waals surface area contributed by atoms with Crippen molar-refractivity contribution in [1.82, 2.24) is 15.5 Å². The highest BCUT2D eigenvalue weighted by atomic mass is 16.5. The normalized spacial score (nSPS) is 30.6. The van der Waals surface area contributed by atoms with Gasteiger partial charge in [0, 0.05) is 13.0 Å². The molecule has 0 amide bonds. The van der Waals surface area contributed by atoms with Crippen LogP contribution >= 0.6 is 0 Å². The summed E-state index contributed by atoms with van der Waals surface area (Å²) < 4.78 is 11.0. The van der Waals surface area contributed by atoms with Gasteiger partial charge in [-0.15, -0.1) is 0 Å². The molecule has 0 saturated carbocycles. The van der Waals surface area contributed by atoms with Crippen LogP contribution in [0.2, 0.25) is 0 Å². The third-order valence-electron chi connectivity index (χ3n) is 3.49. The largest absolute Gasteiger partial charge is 0.367 e. The lowest BCUT2D eigenvalue weighted by Crippen LogP contribution is -2.43. The van der Waals surface area contributed by atoms with Crippen molar-refractivity contribution in [3.8, 4) is 0 Å². The maximum atomic E-state index is 5.69. The van der Waals surface area contributed by atoms with Gasteiger partial charge in [-0.25, -0.2) is 0 Å². The van der Waals surface area contributed by atoms with Gasteiger partial charge >= 0.3 is 0 Å². The summed E-state index contributed by atoms with van der Waals surface area (Å²) in [5.41, 5.74) is -0.320. The third kappa shape index (κ3) is 1.74. The van der Waals surface area contributed by atoms with E-state index < -0.39 is 0 Å². The molecule has 1 unspecified atom stereocenters. The number of hydrogen-bond donors (Lipinski definition) is 1. The summed E-state index contributed by atoms with van der Waals surface area (Å²) in [6, 6.07) is 0. The molecule has 1 N–H and O–H groups in total. The Morgan fingerprint density at radius 2 is 2.38 bits per heavy atom. The average Bonchev–Trinajstić information content (AvgIpc) is 2.81. The van der Waals surface area contributed by atoms with E-state index in [0.717, 1.165) is 44.8 Å². The predicted molar refractivity (Wildman–Crippen MR) is 56.9 cm³/mol. The summed E-state index contributed by atoms with van der Waals surface area (Å²) >= 11 is 0. The molecule has 0 spiro atoms. The van der Waals surface area contributed by atoms with Gasteiger partial charge in [-0.1, -0.05) is 5.16 Å². The Morgan fingerprint density at radius 3 is 3.00 bits per heavy atom. The third-order valence-corrected chi connectivity index (χ3v) is 3.49. The molecule has 0 aliphatic carbocycles. The molecule has 5 nitrogen and oxygen atoms in total. The minimum Gasteiger partial charge on any atom is -0.367 e. The summed E-state index contributed by atoms with van der Waals surface area (Å²) in [5, 5.41) is 7.29. The van der Waals surface area contributed by atoms with Crippen LogP contribution in [0.25, 0.3) is 0 Å². The summed E-state index contributed by atoms with van der Waals surface area (Å²) in [6.45, 7) is 4.96. The fraction of sp³-hybridized carbons (Fsp3) is 0.818. The number of rotatable bonds is 3. The van der Waals surface area contributed by atoms with Gasteiger partial charge in [0.05, 0.1) is 0 Å². The first kappa shape index (κ1) is 10.2. The summed E-state index contributed by atoms with van der Waals surface area (Å²) in [6.07, 6.45) is 2.94. The highest BCUT2D eigenvalue weighted by Crippen LogP contribution is 2.33. The fourth-order valence-electron chi connectivity index (χ4n) is 2.25. The van der Waals surface area contributed by atoms with Gasteiger partial charge in [0.1, 0.15) is 5.60 Å². The molecule has 2 aliphatic heterocycles. The molecule has 2 saturated heterocycles. The number of ether oxygens (including phenoxy) is 1. The molecule has 2 aliphatic rings. The molecule has 1 aromatic rings. The van der Waals surface area contributed by atoms with Gasteiger partial charge in [-0.05, 0) is 38.8 Å². The molecule has 3 rings (SSSR count). The Bertz CT molecular complexity index is 367. The molecule has 1 atom stereocenters. The van der Waals surface area contributed by atoms with Crippen LogP contribution in [0, 0.1) is 5.92 Å². The quantitative estimate of drug-likeness (QED) is 0.823. The second kappa shape index (κ2) is 3.82. The van der Waals surface area contributed by atoms with Gasteiger partial charge in [0.2, 0.25) is 11.7 Å². The summed E-state index contributed by atoms with van der Waals surface area (Å²) in [5.74, 6) is 2.12. The van der Waals surface area contributed by atoms with E-state index in [1.165, 1.54) is 0 Å². The SMILES string of the molecule is CC1(c2noc(CC3CNC3)n2)CCCO1. The van der Waals surface area contributed by atoms with Crippen molar-refractivity contribution in [2.75, 3.05) is 19.7 Å². The molecular weight excluding hydrogens is 206 g/mol. The highest BCUT2D eigenvalue weighted by molar-refractivity contribution is 5.02. The van der Waals surface area contributed by atoms with Crippen LogP contribution in [0.5, 0.6) is 0 Å². The first-order chi connectivity index (χ1) is 7.76. The summed E-state index contributed by atoms with van der Waals surface area (Å²) in [7, 11) is 0. The van der Waals surface area contributed by atoms with Crippen molar-refractivity contribution in [3.05, 3.63) is 11.7 Å². The number of nitrogens with one attached hydrogen (secondary N) is 1. The molecule has 0 aromatic carbocycles. The van der Waals surface area contributed by atoms with Crippen LogP contribution in [0.3, 0.4) is 0 Å². The predicted octanol–water partition coefficient (Wildman–Crippen LogP) is 0.857. The lowest BCUT2D eigenvalue weighted by atomic mass is 9.99. The molecule has 1 aromatic heterocycles. The van der Waals surface area contributed by atoms with E-state index in [-0.39, 0.29) is 5.60 Å². The Labute approximate surface area is 94.6 Å². The Kier molecular flexibility index (Phi) is 2.44. The topological polar surface area (TPSA) is 60.2 Å². The van der Waals surface area contributed by atoms with Crippen LogP contribution in [0.4, 0.5) is 0 Å². The standard InChI is InChI=1S/C11H17N3O2/c1-11(3-2-4-15-11)10-13-9(16-14-10)5-8-6-12-7-8/h8,12H,2-7H2,1H3. The van der Waals surface area contributed by atoms with Crippen LogP contribution in [0.1, 0.15) is 31.5 Å². The minimum absolute atomic E-state index is 0.320. The van der Waals surface area contributed by atoms with E-state index in [4.69, 9.17) is 9.26 Å². The van der Waals surface area contributed by atoms with Gasteiger partial charge in [-0.2, -0.15) is 4.98 Å². The van der Waals surface area contributed by atoms with E-state index in [9.17, 15) is 0 Å². The first-order valence-corrected chi connectivity index (χ1v) is 5.94. The highest BCUT2D eigenvalue weighted by Gasteiger charge is 2.36. The van der Waals surface area contributed by atoms with Gasteiger partial charge in [0.25, 0.3) is 0 Å². The van der Waals surface area contributed by atoms with Crippen molar-refractivity contribution in [2.24, 2.45) is 5.92 Å². The fourth-order valence-corrected chi connectivity index (χ4v) is 2.25. The van der Waals surface area contributed by atoms with Crippen molar-refractivity contribution >= 4 is 0 Å². The van der Waals surface area contributed by atoms with Crippen LogP contribution < -0.4 is 5.32 Å². The van der Waals surface area contributed by atoms with E-state index >= 15 is 0 Å². The van der Waals surface area contributed by atoms with Gasteiger partial charge < -0.3 is 14.6 Å². The lowest BCUT2D eigenvalue weighted by molar-refractivity contribution is 0.00768. The zero-order valence-corrected chi connectivity index (χ0v) is 9.53. The maximum Gasteiger partial charge on any atom is 0.227 e. The summed E-state index contributed by atoms with van der Waals surface area (Å²) in [4.78, 5) is 4.46. The second-order valence-corrected chi connectivity index (χ2v) is 4.92. The van der Waals surface area contributed by atoms with Crippen LogP contribution in [-0.2, 0) is 16.8 Å². The van der Waals surface area contributed by atoms with Crippen LogP contribution in [0.15, 0.2) is 4.52 Å². The number of hydrogen-bond acceptors (Lipinski definition) is 5. The van der Waals surface area contributed by atoms with E-state index in [1.807, 2.05) is 6.92 Å². The molecule has 0 bridgehead atoms. The molecule has 0 radical (unpaired) electrons. The Balaban J connectivity index is 1.71. The van der Waals surface area contributed by atoms with Gasteiger partial charge in [0.15, 0.2) is 0 Å². The smallest absolute Gasteiger partial charge is 0.227 e. The Hall–Kier alpha value is -0.940. The molecule has 16 heavy (non-hydrogen) atoms. The number of nitrogens with zero attached hydrogens (tertiary/aromatic N) is 2. The monoisotopic (exact) mass is 223 g/mol. The minimum atomic E-state index is -0.320. The maximum absolute atomic E-state index is 5.69. The zero-order chi connectivity index (χ0) is 11.0. The van der Waals surface area contributed by atoms with Crippen molar-refractivity contribution < 1.29 is 9.26 Å². The van der Waals surface area contributed by atoms with Crippen molar-refractivity contribution in [3.63, 3.8) is 0 Å². The van der Waals surface area contributed by atoms with Crippen molar-refractivity contribution in [1.29, 1.82) is 0 Å². The van der Waals surface area contributed by atoms with Crippen molar-refractivity contribution in [2.45, 2.75) is 31.8 Å². The lowest BCUT2D eigenvalue weighted by Gasteiger charge is -2.25. The first-order valence-electron chi connectivity index (χ1n) is 5.94. The van der Waals surface area contributed by atoms with Crippen LogP contribution in [-0.4, -0.2) is 29.8 Å². The second-order valence-electron chi connectivity index (χ2n) is 4.92. The van der Waals surface area contributed by atoms with E-state index in [1.54, 1.807) is 0 Å². The van der Waals surface area contributed by atoms with Gasteiger partial charge in [-0.3, -0.25) is 0 Å². The average molecular weight is 223 g/mol. The Morgan fingerprint density at radius 1 is 1.50 bits per heavy atom. The van der Waals surface area contributed by atoms with E-state index in [0.29, 0.717) is 11.7 Å².